The summed E-state index contributed by atoms with van der Waals surface area (Å²) in [7, 11) is 0. The molecule has 0 spiro atoms. The summed E-state index contributed by atoms with van der Waals surface area (Å²) in [6, 6.07) is 13.0. The molecule has 1 saturated carbocycles. The van der Waals surface area contributed by atoms with E-state index in [2.05, 4.69) is 0 Å². The summed E-state index contributed by atoms with van der Waals surface area (Å²) in [5.41, 5.74) is 0.697. The van der Waals surface area contributed by atoms with Gasteiger partial charge in [-0.05, 0) is 25.0 Å². The van der Waals surface area contributed by atoms with Gasteiger partial charge in [0.1, 0.15) is 5.75 Å². The van der Waals surface area contributed by atoms with Crippen LogP contribution in [0.25, 0.3) is 0 Å². The number of ether oxygens (including phenoxy) is 1. The number of ketones is 1. The molecule has 22 heavy (non-hydrogen) atoms. The third kappa shape index (κ3) is 2.81. The molecule has 0 saturated heterocycles. The van der Waals surface area contributed by atoms with Gasteiger partial charge < -0.3 is 4.74 Å². The molecule has 1 fully saturated rings. The van der Waals surface area contributed by atoms with Gasteiger partial charge in [0.2, 0.25) is 6.29 Å². The van der Waals surface area contributed by atoms with Crippen molar-refractivity contribution in [1.82, 2.24) is 0 Å². The zero-order chi connectivity index (χ0) is 15.5. The molecule has 1 aliphatic rings. The van der Waals surface area contributed by atoms with Gasteiger partial charge in [0.25, 0.3) is 0 Å². The minimum atomic E-state index is -0.363. The largest absolute Gasteiger partial charge is 0.426 e. The number of esters is 1. The predicted molar refractivity (Wildman–Crippen MR) is 79.5 cm³/mol. The first-order valence-electron chi connectivity index (χ1n) is 7.03. The summed E-state index contributed by atoms with van der Waals surface area (Å²) >= 11 is 0. The number of para-hydroxylation sites is 1. The normalized spacial score (nSPS) is 13.5. The summed E-state index contributed by atoms with van der Waals surface area (Å²) in [6.07, 6.45) is 3.42. The summed E-state index contributed by atoms with van der Waals surface area (Å²) in [5.74, 6) is -0.502. The first kappa shape index (κ1) is 14.2. The van der Waals surface area contributed by atoms with Crippen LogP contribution in [0, 0.1) is 5.92 Å². The fourth-order valence-electron chi connectivity index (χ4n) is 2.17. The second kappa shape index (κ2) is 5.93. The van der Waals surface area contributed by atoms with Gasteiger partial charge in [-0.3, -0.25) is 14.4 Å². The van der Waals surface area contributed by atoms with Gasteiger partial charge in [0.15, 0.2) is 5.78 Å². The van der Waals surface area contributed by atoms with E-state index in [1.165, 1.54) is 6.07 Å². The van der Waals surface area contributed by atoms with Crippen LogP contribution in [0.5, 0.6) is 5.75 Å². The highest BCUT2D eigenvalue weighted by atomic mass is 16.5. The van der Waals surface area contributed by atoms with Crippen molar-refractivity contribution >= 4 is 18.0 Å². The van der Waals surface area contributed by atoms with E-state index in [4.69, 9.17) is 4.74 Å². The van der Waals surface area contributed by atoms with Crippen LogP contribution in [-0.2, 0) is 9.59 Å². The number of carbonyl (C=O) groups is 2. The van der Waals surface area contributed by atoms with Crippen LogP contribution >= 0.6 is 0 Å². The van der Waals surface area contributed by atoms with Crippen LogP contribution in [0.2, 0.25) is 0 Å². The van der Waals surface area contributed by atoms with Gasteiger partial charge in [-0.2, -0.15) is 0 Å². The van der Waals surface area contributed by atoms with Crippen LogP contribution in [-0.4, -0.2) is 18.0 Å². The Morgan fingerprint density at radius 1 is 0.955 bits per heavy atom. The number of rotatable bonds is 5. The maximum Gasteiger partial charge on any atom is 0.314 e. The highest BCUT2D eigenvalue weighted by Gasteiger charge is 2.32. The minimum Gasteiger partial charge on any atom is -0.426 e. The molecule has 2 aromatic rings. The zero-order valence-corrected chi connectivity index (χ0v) is 11.7. The van der Waals surface area contributed by atoms with E-state index >= 15 is 0 Å². The molecule has 0 aromatic heterocycles. The maximum absolute atomic E-state index is 12.6. The molecular formula is C18H13O4. The fraction of sp³-hybridized carbons (Fsp3) is 0.167. The average molecular weight is 293 g/mol. The van der Waals surface area contributed by atoms with Crippen molar-refractivity contribution in [3.8, 4) is 5.75 Å². The van der Waals surface area contributed by atoms with Gasteiger partial charge in [-0.25, -0.2) is 0 Å². The Morgan fingerprint density at radius 2 is 1.59 bits per heavy atom. The predicted octanol–water partition coefficient (Wildman–Crippen LogP) is 2.69. The van der Waals surface area contributed by atoms with Crippen LogP contribution in [0.3, 0.4) is 0 Å². The number of benzene rings is 2. The molecule has 0 heterocycles. The Balaban J connectivity index is 1.95. The van der Waals surface area contributed by atoms with Gasteiger partial charge in [0, 0.05) is 11.1 Å². The number of hydrogen-bond donors (Lipinski definition) is 0. The monoisotopic (exact) mass is 293 g/mol. The third-order valence-corrected chi connectivity index (χ3v) is 3.53. The Hall–Kier alpha value is -2.75. The minimum absolute atomic E-state index is 0.0567. The maximum atomic E-state index is 12.6. The quantitative estimate of drug-likeness (QED) is 0.483. The Labute approximate surface area is 127 Å². The van der Waals surface area contributed by atoms with Crippen molar-refractivity contribution in [2.24, 2.45) is 5.92 Å². The summed E-state index contributed by atoms with van der Waals surface area (Å²) < 4.78 is 5.33. The Kier molecular flexibility index (Phi) is 3.83. The molecule has 109 valence electrons. The smallest absolute Gasteiger partial charge is 0.314 e. The van der Waals surface area contributed by atoms with Gasteiger partial charge in [-0.15, -0.1) is 0 Å². The van der Waals surface area contributed by atoms with Gasteiger partial charge >= 0.3 is 5.97 Å². The van der Waals surface area contributed by atoms with Crippen molar-refractivity contribution in [3.63, 3.8) is 0 Å². The van der Waals surface area contributed by atoms with E-state index in [0.717, 1.165) is 12.8 Å². The van der Waals surface area contributed by atoms with Crippen molar-refractivity contribution in [3.05, 3.63) is 65.2 Å². The molecule has 0 N–H and O–H groups in total. The van der Waals surface area contributed by atoms with E-state index in [1.54, 1.807) is 48.8 Å². The van der Waals surface area contributed by atoms with Gasteiger partial charge in [0.05, 0.1) is 11.5 Å². The highest BCUT2D eigenvalue weighted by Crippen LogP contribution is 2.32. The summed E-state index contributed by atoms with van der Waals surface area (Å²) in [6.45, 7) is 0. The Bertz CT molecular complexity index is 744. The van der Waals surface area contributed by atoms with Crippen molar-refractivity contribution in [2.45, 2.75) is 12.8 Å². The third-order valence-electron chi connectivity index (χ3n) is 3.53. The van der Waals surface area contributed by atoms with Crippen molar-refractivity contribution in [1.29, 1.82) is 0 Å². The topological polar surface area (TPSA) is 60.4 Å². The summed E-state index contributed by atoms with van der Waals surface area (Å²) in [4.78, 5) is 35.4. The molecule has 4 nitrogen and oxygen atoms in total. The van der Waals surface area contributed by atoms with Crippen molar-refractivity contribution in [2.75, 3.05) is 0 Å². The molecular weight excluding hydrogens is 280 g/mol. The molecule has 0 unspecified atom stereocenters. The van der Waals surface area contributed by atoms with Crippen molar-refractivity contribution < 1.29 is 19.1 Å². The molecule has 0 bridgehead atoms. The lowest BCUT2D eigenvalue weighted by Gasteiger charge is -2.10. The SMILES string of the molecule is O=[C]c1ccccc1C(=O)c1ccccc1OC(=O)C1CC1. The lowest BCUT2D eigenvalue weighted by molar-refractivity contribution is -0.135. The fourth-order valence-corrected chi connectivity index (χ4v) is 2.17. The van der Waals surface area contributed by atoms with E-state index in [1.807, 2.05) is 0 Å². The van der Waals surface area contributed by atoms with E-state index in [0.29, 0.717) is 0 Å². The highest BCUT2D eigenvalue weighted by molar-refractivity contribution is 6.14. The first-order chi connectivity index (χ1) is 10.7. The molecule has 3 rings (SSSR count). The Morgan fingerprint density at radius 3 is 2.27 bits per heavy atom. The number of carbonyl (C=O) groups excluding carboxylic acids is 3. The second-order valence-corrected chi connectivity index (χ2v) is 5.17. The zero-order valence-electron chi connectivity index (χ0n) is 11.7. The molecule has 1 aliphatic carbocycles. The van der Waals surface area contributed by atoms with Crippen LogP contribution in [0.1, 0.15) is 34.3 Å². The molecule has 0 amide bonds. The lowest BCUT2D eigenvalue weighted by atomic mass is 9.98. The van der Waals surface area contributed by atoms with Crippen LogP contribution in [0.15, 0.2) is 48.5 Å². The van der Waals surface area contributed by atoms with Crippen LogP contribution < -0.4 is 4.74 Å². The first-order valence-corrected chi connectivity index (χ1v) is 7.03. The van der Waals surface area contributed by atoms with E-state index in [-0.39, 0.29) is 40.1 Å². The van der Waals surface area contributed by atoms with E-state index < -0.39 is 0 Å². The second-order valence-electron chi connectivity index (χ2n) is 5.17. The lowest BCUT2D eigenvalue weighted by Crippen LogP contribution is -2.13. The molecule has 4 heteroatoms. The number of hydrogen-bond acceptors (Lipinski definition) is 4. The molecule has 0 atom stereocenters. The molecule has 2 aromatic carbocycles. The van der Waals surface area contributed by atoms with Gasteiger partial charge in [-0.1, -0.05) is 36.4 Å². The standard InChI is InChI=1S/C18H13O4/c19-11-13-5-1-2-6-14(13)17(20)15-7-3-4-8-16(15)22-18(21)12-9-10-12/h1-8,12H,9-10H2. The molecule has 0 aliphatic heterocycles. The summed E-state index contributed by atoms with van der Waals surface area (Å²) in [5, 5.41) is 0. The molecule has 1 radical (unpaired) electrons. The van der Waals surface area contributed by atoms with Crippen LogP contribution in [0.4, 0.5) is 0 Å². The average Bonchev–Trinajstić information content (AvgIpc) is 3.39. The van der Waals surface area contributed by atoms with E-state index in [9.17, 15) is 14.4 Å².